The smallest absolute Gasteiger partial charge is 0.410 e. The molecular weight excluding hydrogens is 267 g/mol. The number of hydrogen-bond donors (Lipinski definition) is 0. The molecule has 1 amide bonds. The first-order valence-corrected chi connectivity index (χ1v) is 5.16. The maximum absolute atomic E-state index is 11.1. The van der Waals surface area contributed by atoms with Gasteiger partial charge >= 0.3 is 6.09 Å². The summed E-state index contributed by atoms with van der Waals surface area (Å²) >= 11 is 1.96. The molecule has 6 heteroatoms. The van der Waals surface area contributed by atoms with E-state index in [1.807, 2.05) is 22.6 Å². The Morgan fingerprint density at radius 3 is 2.17 bits per heavy atom. The van der Waals surface area contributed by atoms with Gasteiger partial charge in [-0.3, -0.25) is 0 Å². The van der Waals surface area contributed by atoms with Crippen molar-refractivity contribution >= 4 is 44.4 Å². The first-order valence-electron chi connectivity index (χ1n) is 3.64. The highest BCUT2D eigenvalue weighted by atomic mass is 127. The van der Waals surface area contributed by atoms with Gasteiger partial charge < -0.3 is 9.64 Å². The van der Waals surface area contributed by atoms with Crippen molar-refractivity contribution in [1.29, 1.82) is 0 Å². The van der Waals surface area contributed by atoms with Crippen LogP contribution in [-0.2, 0) is 4.74 Å². The summed E-state index contributed by atoms with van der Waals surface area (Å²) in [5.74, 6) is 0. The Hall–Kier alpha value is 0.130. The lowest BCUT2D eigenvalue weighted by Crippen LogP contribution is -2.32. The zero-order chi connectivity index (χ0) is 9.40. The zero-order valence-corrected chi connectivity index (χ0v) is 8.99. The molecule has 0 spiro atoms. The van der Waals surface area contributed by atoms with Gasteiger partial charge in [-0.15, -0.1) is 0 Å². The number of halogens is 1. The standard InChI is InChI=1S/C6H10B2INO2/c7-1-3-10(4-2-8)6(11)12-5-9/h1-5H2. The van der Waals surface area contributed by atoms with Gasteiger partial charge in [0.2, 0.25) is 0 Å². The van der Waals surface area contributed by atoms with Gasteiger partial charge in [0.25, 0.3) is 0 Å². The summed E-state index contributed by atoms with van der Waals surface area (Å²) in [6.07, 6.45) is 0.507. The first-order chi connectivity index (χ1) is 5.76. The van der Waals surface area contributed by atoms with E-state index in [9.17, 15) is 4.79 Å². The van der Waals surface area contributed by atoms with Crippen molar-refractivity contribution < 1.29 is 9.53 Å². The van der Waals surface area contributed by atoms with E-state index in [0.717, 1.165) is 0 Å². The van der Waals surface area contributed by atoms with Gasteiger partial charge in [0.05, 0.1) is 15.7 Å². The number of carbonyl (C=O) groups is 1. The van der Waals surface area contributed by atoms with E-state index in [1.54, 1.807) is 0 Å². The monoisotopic (exact) mass is 277 g/mol. The maximum Gasteiger partial charge on any atom is 0.410 e. The molecule has 0 saturated carbocycles. The predicted molar refractivity (Wildman–Crippen MR) is 58.1 cm³/mol. The number of hydrogen-bond acceptors (Lipinski definition) is 2. The zero-order valence-electron chi connectivity index (χ0n) is 6.83. The lowest BCUT2D eigenvalue weighted by Gasteiger charge is -2.20. The lowest BCUT2D eigenvalue weighted by atomic mass is 10.0. The molecule has 12 heavy (non-hydrogen) atoms. The highest BCUT2D eigenvalue weighted by Crippen LogP contribution is 1.98. The molecule has 0 bridgehead atoms. The van der Waals surface area contributed by atoms with Gasteiger partial charge in [0, 0.05) is 13.1 Å². The van der Waals surface area contributed by atoms with Crippen LogP contribution in [0.4, 0.5) is 4.79 Å². The van der Waals surface area contributed by atoms with Gasteiger partial charge in [0.15, 0.2) is 0 Å². The fraction of sp³-hybridized carbons (Fsp3) is 0.833. The maximum atomic E-state index is 11.1. The molecule has 4 radical (unpaired) electrons. The quantitative estimate of drug-likeness (QED) is 0.426. The molecule has 0 fully saturated rings. The molecule has 0 heterocycles. The van der Waals surface area contributed by atoms with Crippen molar-refractivity contribution in [1.82, 2.24) is 4.90 Å². The van der Waals surface area contributed by atoms with Gasteiger partial charge in [0.1, 0.15) is 4.61 Å². The van der Waals surface area contributed by atoms with Crippen molar-refractivity contribution in [2.24, 2.45) is 0 Å². The molecular formula is C6H10B2INO2. The molecule has 0 aromatic heterocycles. The number of ether oxygens (including phenoxy) is 1. The molecule has 0 aliphatic heterocycles. The van der Waals surface area contributed by atoms with Crippen molar-refractivity contribution in [2.45, 2.75) is 12.6 Å². The Bertz CT molecular complexity index is 131. The molecule has 0 atom stereocenters. The first kappa shape index (κ1) is 12.1. The third-order valence-electron chi connectivity index (χ3n) is 1.23. The van der Waals surface area contributed by atoms with Crippen molar-refractivity contribution in [3.63, 3.8) is 0 Å². The summed E-state index contributed by atoms with van der Waals surface area (Å²) in [6.45, 7) is 0.985. The van der Waals surface area contributed by atoms with Crippen LogP contribution in [0.2, 0.25) is 12.6 Å². The van der Waals surface area contributed by atoms with Gasteiger partial charge in [-0.2, -0.15) is 0 Å². The van der Waals surface area contributed by atoms with Crippen LogP contribution in [0, 0.1) is 0 Å². The van der Waals surface area contributed by atoms with Gasteiger partial charge in [-0.1, -0.05) is 12.6 Å². The summed E-state index contributed by atoms with van der Waals surface area (Å²) < 4.78 is 5.12. The normalized spacial score (nSPS) is 9.42. The Balaban J connectivity index is 3.81. The van der Waals surface area contributed by atoms with Crippen molar-refractivity contribution in [3.8, 4) is 0 Å². The van der Waals surface area contributed by atoms with E-state index in [2.05, 4.69) is 0 Å². The van der Waals surface area contributed by atoms with E-state index in [-0.39, 0.29) is 6.09 Å². The molecule has 0 aromatic rings. The fourth-order valence-electron chi connectivity index (χ4n) is 0.744. The highest BCUT2D eigenvalue weighted by Gasteiger charge is 2.11. The summed E-state index contributed by atoms with van der Waals surface area (Å²) in [7, 11) is 10.6. The second-order valence-corrected chi connectivity index (χ2v) is 2.71. The van der Waals surface area contributed by atoms with Crippen LogP contribution in [0.5, 0.6) is 0 Å². The molecule has 3 nitrogen and oxygen atoms in total. The van der Waals surface area contributed by atoms with Crippen molar-refractivity contribution in [3.05, 3.63) is 0 Å². The number of alkyl halides is 1. The average Bonchev–Trinajstić information content (AvgIpc) is 2.04. The summed E-state index contributed by atoms with van der Waals surface area (Å²) in [6, 6.07) is 0. The molecule has 0 aromatic carbocycles. The Morgan fingerprint density at radius 1 is 1.33 bits per heavy atom. The van der Waals surface area contributed by atoms with E-state index in [4.69, 9.17) is 20.4 Å². The van der Waals surface area contributed by atoms with Crippen LogP contribution in [-0.4, -0.2) is 44.4 Å². The van der Waals surface area contributed by atoms with Gasteiger partial charge in [-0.25, -0.2) is 4.79 Å². The Morgan fingerprint density at radius 2 is 1.83 bits per heavy atom. The summed E-state index contributed by atoms with van der Waals surface area (Å²) in [5, 5.41) is 0. The van der Waals surface area contributed by atoms with Crippen LogP contribution in [0.25, 0.3) is 0 Å². The molecule has 0 saturated heterocycles. The highest BCUT2D eigenvalue weighted by molar-refractivity contribution is 14.1. The van der Waals surface area contributed by atoms with E-state index < -0.39 is 0 Å². The minimum atomic E-state index is -0.347. The molecule has 0 aliphatic rings. The number of amides is 1. The van der Waals surface area contributed by atoms with Crippen LogP contribution < -0.4 is 0 Å². The Labute approximate surface area is 89.2 Å². The second kappa shape index (κ2) is 7.76. The Kier molecular flexibility index (Phi) is 7.85. The second-order valence-electron chi connectivity index (χ2n) is 2.08. The van der Waals surface area contributed by atoms with Crippen LogP contribution in [0.15, 0.2) is 0 Å². The van der Waals surface area contributed by atoms with E-state index >= 15 is 0 Å². The lowest BCUT2D eigenvalue weighted by molar-refractivity contribution is 0.126. The third kappa shape index (κ3) is 4.90. The average molecular weight is 277 g/mol. The van der Waals surface area contributed by atoms with Crippen LogP contribution >= 0.6 is 22.6 Å². The van der Waals surface area contributed by atoms with Crippen LogP contribution in [0.3, 0.4) is 0 Å². The minimum Gasteiger partial charge on any atom is -0.439 e. The topological polar surface area (TPSA) is 29.5 Å². The molecule has 0 N–H and O–H groups in total. The minimum absolute atomic E-state index is 0.347. The SMILES string of the molecule is [B]CCN(CC[B])C(=O)OCI. The molecule has 64 valence electrons. The number of nitrogens with zero attached hydrogens (tertiary/aromatic N) is 1. The number of rotatable bonds is 5. The number of carbonyl (C=O) groups excluding carboxylic acids is 1. The predicted octanol–water partition coefficient (Wildman–Crippen LogP) is 0.991. The fourth-order valence-corrected chi connectivity index (χ4v) is 1.01. The van der Waals surface area contributed by atoms with E-state index in [0.29, 0.717) is 30.3 Å². The summed E-state index contributed by atoms with van der Waals surface area (Å²) in [4.78, 5) is 12.6. The molecule has 0 aliphatic carbocycles. The van der Waals surface area contributed by atoms with E-state index in [1.165, 1.54) is 4.90 Å². The molecule has 0 unspecified atom stereocenters. The molecule has 0 rings (SSSR count). The van der Waals surface area contributed by atoms with Crippen LogP contribution in [0.1, 0.15) is 0 Å². The largest absolute Gasteiger partial charge is 0.439 e. The summed E-state index contributed by atoms with van der Waals surface area (Å²) in [5.41, 5.74) is 0. The van der Waals surface area contributed by atoms with Gasteiger partial charge in [-0.05, 0) is 22.6 Å². The third-order valence-corrected chi connectivity index (χ3v) is 1.55. The van der Waals surface area contributed by atoms with Crippen molar-refractivity contribution in [2.75, 3.05) is 17.7 Å².